The van der Waals surface area contributed by atoms with Crippen molar-refractivity contribution in [1.82, 2.24) is 8.80 Å². The van der Waals surface area contributed by atoms with E-state index in [0.29, 0.717) is 0 Å². The molecule has 0 aromatic heterocycles. The number of hydrogen-bond acceptors (Lipinski definition) is 4. The number of nitrogens with zero attached hydrogens (tertiary/aromatic N) is 2. The van der Waals surface area contributed by atoms with Crippen molar-refractivity contribution in [3.05, 3.63) is 0 Å². The lowest BCUT2D eigenvalue weighted by molar-refractivity contribution is 0.246. The normalized spacial score (nSPS) is 14.6. The molecule has 0 spiro atoms. The highest BCUT2D eigenvalue weighted by atomic mass is 28.4. The van der Waals surface area contributed by atoms with Gasteiger partial charge in [-0.05, 0) is 32.1 Å². The molecule has 8 heteroatoms. The van der Waals surface area contributed by atoms with E-state index in [9.17, 15) is 0 Å². The molecular formula is C17H46N2O2Si4. The van der Waals surface area contributed by atoms with Crippen LogP contribution in [-0.4, -0.2) is 75.9 Å². The van der Waals surface area contributed by atoms with Gasteiger partial charge in [-0.15, -0.1) is 0 Å². The van der Waals surface area contributed by atoms with E-state index in [2.05, 4.69) is 74.3 Å². The van der Waals surface area contributed by atoms with Crippen LogP contribution in [0, 0.1) is 0 Å². The summed E-state index contributed by atoms with van der Waals surface area (Å²) in [6, 6.07) is 1.08. The van der Waals surface area contributed by atoms with Gasteiger partial charge in [0.2, 0.25) is 0 Å². The Balaban J connectivity index is 4.91. The summed E-state index contributed by atoms with van der Waals surface area (Å²) in [5.41, 5.74) is 0. The fourth-order valence-electron chi connectivity index (χ4n) is 3.56. The van der Waals surface area contributed by atoms with Gasteiger partial charge in [-0.3, -0.25) is 0 Å². The maximum Gasteiger partial charge on any atom is 0.334 e. The molecule has 0 fully saturated rings. The molecule has 0 atom stereocenters. The van der Waals surface area contributed by atoms with Gasteiger partial charge in [0, 0.05) is 20.8 Å². The second-order valence-electron chi connectivity index (χ2n) is 10.3. The van der Waals surface area contributed by atoms with Crippen LogP contribution >= 0.6 is 0 Å². The summed E-state index contributed by atoms with van der Waals surface area (Å²) in [5, 5.41) is 0. The van der Waals surface area contributed by atoms with Crippen LogP contribution in [0.2, 0.25) is 71.5 Å². The maximum atomic E-state index is 5.65. The van der Waals surface area contributed by atoms with Gasteiger partial charge in [0.25, 0.3) is 0 Å². The molecule has 0 N–H and O–H groups in total. The van der Waals surface area contributed by atoms with Crippen molar-refractivity contribution in [2.24, 2.45) is 0 Å². The summed E-state index contributed by atoms with van der Waals surface area (Å²) in [4.78, 5) is 0. The first-order valence-corrected chi connectivity index (χ1v) is 22.6. The van der Waals surface area contributed by atoms with E-state index in [1.807, 2.05) is 0 Å². The predicted octanol–water partition coefficient (Wildman–Crippen LogP) is 4.85. The third-order valence-electron chi connectivity index (χ3n) is 5.08. The van der Waals surface area contributed by atoms with E-state index in [4.69, 9.17) is 8.85 Å². The lowest BCUT2D eigenvalue weighted by Crippen LogP contribution is -2.62. The quantitative estimate of drug-likeness (QED) is 0.420. The maximum absolute atomic E-state index is 5.65. The topological polar surface area (TPSA) is 24.9 Å². The summed E-state index contributed by atoms with van der Waals surface area (Å²) in [7, 11) is -2.20. The molecule has 0 unspecified atom stereocenters. The van der Waals surface area contributed by atoms with E-state index in [-0.39, 0.29) is 0 Å². The molecule has 0 radical (unpaired) electrons. The first-order chi connectivity index (χ1) is 11.1. The zero-order valence-electron chi connectivity index (χ0n) is 19.2. The summed E-state index contributed by atoms with van der Waals surface area (Å²) < 4.78 is 17.0. The molecule has 0 saturated heterocycles. The lowest BCUT2D eigenvalue weighted by atomic mass is 10.4. The van der Waals surface area contributed by atoms with Crippen LogP contribution in [0.1, 0.15) is 6.42 Å². The molecule has 0 bridgehead atoms. The van der Waals surface area contributed by atoms with Gasteiger partial charge in [-0.1, -0.05) is 58.9 Å². The van der Waals surface area contributed by atoms with Crippen molar-refractivity contribution in [3.63, 3.8) is 0 Å². The minimum absolute atomic E-state index is 1.08. The van der Waals surface area contributed by atoms with Gasteiger partial charge >= 0.3 is 8.56 Å². The van der Waals surface area contributed by atoms with Crippen LogP contribution in [-0.2, 0) is 8.85 Å². The van der Waals surface area contributed by atoms with Crippen LogP contribution in [0.3, 0.4) is 0 Å². The van der Waals surface area contributed by atoms with Crippen molar-refractivity contribution < 1.29 is 8.85 Å². The number of rotatable bonds is 12. The van der Waals surface area contributed by atoms with Crippen LogP contribution in [0.15, 0.2) is 0 Å². The van der Waals surface area contributed by atoms with E-state index in [1.54, 1.807) is 14.2 Å². The average molecular weight is 423 g/mol. The second kappa shape index (κ2) is 9.77. The first kappa shape index (κ1) is 25.7. The Morgan fingerprint density at radius 3 is 1.36 bits per heavy atom. The highest BCUT2D eigenvalue weighted by molar-refractivity contribution is 6.89. The smallest absolute Gasteiger partial charge is 0.334 e. The average Bonchev–Trinajstić information content (AvgIpc) is 2.41. The standard InChI is InChI=1S/C17H46N2O2Si4/c1-20-25(12,21-2)17-13-14-18(22(3,4)5)15-16-19(23(6,7)8)24(9,10)11/h13-17H2,1-12H3. The Morgan fingerprint density at radius 1 is 0.600 bits per heavy atom. The third-order valence-corrected chi connectivity index (χ3v) is 18.1. The predicted molar refractivity (Wildman–Crippen MR) is 123 cm³/mol. The molecule has 25 heavy (non-hydrogen) atoms. The van der Waals surface area contributed by atoms with Crippen molar-refractivity contribution in [2.45, 2.75) is 77.9 Å². The molecule has 0 aliphatic rings. The molecule has 0 heterocycles. The van der Waals surface area contributed by atoms with E-state index < -0.39 is 33.3 Å². The van der Waals surface area contributed by atoms with E-state index in [0.717, 1.165) is 6.04 Å². The Morgan fingerprint density at radius 2 is 1.04 bits per heavy atom. The van der Waals surface area contributed by atoms with Gasteiger partial charge in [-0.25, -0.2) is 0 Å². The molecule has 4 nitrogen and oxygen atoms in total. The van der Waals surface area contributed by atoms with Gasteiger partial charge in [-0.2, -0.15) is 0 Å². The fraction of sp³-hybridized carbons (Fsp3) is 1.00. The lowest BCUT2D eigenvalue weighted by Gasteiger charge is -2.46. The highest BCUT2D eigenvalue weighted by Crippen LogP contribution is 2.21. The third kappa shape index (κ3) is 9.45. The SMILES string of the molecule is CO[Si](C)(CCCN(CCN([Si](C)(C)C)[Si](C)(C)C)[Si](C)(C)C)OC. The Bertz CT molecular complexity index is 372. The largest absolute Gasteiger partial charge is 0.398 e. The zero-order chi connectivity index (χ0) is 20.1. The minimum atomic E-state index is -1.94. The molecule has 0 aliphatic heterocycles. The Hall–Kier alpha value is 0.708. The van der Waals surface area contributed by atoms with Crippen molar-refractivity contribution >= 4 is 33.3 Å². The second-order valence-corrected chi connectivity index (χ2v) is 29.1. The molecule has 0 aromatic carbocycles. The Labute approximate surface area is 162 Å². The summed E-state index contributed by atoms with van der Waals surface area (Å²) in [6.07, 6.45) is 1.18. The molecular weight excluding hydrogens is 377 g/mol. The molecule has 152 valence electrons. The van der Waals surface area contributed by atoms with E-state index >= 15 is 0 Å². The summed E-state index contributed by atoms with van der Waals surface area (Å²) in [6.45, 7) is 28.2. The number of hydrogen-bond donors (Lipinski definition) is 0. The van der Waals surface area contributed by atoms with Crippen LogP contribution in [0.25, 0.3) is 0 Å². The Kier molecular flexibility index (Phi) is 10.0. The molecule has 0 rings (SSSR count). The summed E-state index contributed by atoms with van der Waals surface area (Å²) in [5.74, 6) is 0. The molecule has 0 aliphatic carbocycles. The van der Waals surface area contributed by atoms with Gasteiger partial charge in [0.15, 0.2) is 0 Å². The zero-order valence-corrected chi connectivity index (χ0v) is 23.2. The van der Waals surface area contributed by atoms with Crippen molar-refractivity contribution in [2.75, 3.05) is 33.9 Å². The van der Waals surface area contributed by atoms with Crippen LogP contribution < -0.4 is 0 Å². The highest BCUT2D eigenvalue weighted by Gasteiger charge is 2.35. The first-order valence-electron chi connectivity index (χ1n) is 9.70. The van der Waals surface area contributed by atoms with Crippen LogP contribution in [0.5, 0.6) is 0 Å². The minimum Gasteiger partial charge on any atom is -0.398 e. The molecule has 0 saturated carbocycles. The van der Waals surface area contributed by atoms with Crippen LogP contribution in [0.4, 0.5) is 0 Å². The van der Waals surface area contributed by atoms with Crippen molar-refractivity contribution in [1.29, 1.82) is 0 Å². The molecule has 0 aromatic rings. The van der Waals surface area contributed by atoms with Gasteiger partial charge in [0.05, 0.1) is 0 Å². The summed E-state index contributed by atoms with van der Waals surface area (Å²) >= 11 is 0. The van der Waals surface area contributed by atoms with Gasteiger partial charge in [0.1, 0.15) is 24.7 Å². The fourth-order valence-corrected chi connectivity index (χ4v) is 16.1. The molecule has 0 amide bonds. The van der Waals surface area contributed by atoms with E-state index in [1.165, 1.54) is 26.1 Å². The van der Waals surface area contributed by atoms with Gasteiger partial charge < -0.3 is 17.6 Å². The van der Waals surface area contributed by atoms with Crippen molar-refractivity contribution in [3.8, 4) is 0 Å². The monoisotopic (exact) mass is 422 g/mol.